The van der Waals surface area contributed by atoms with Crippen molar-refractivity contribution in [1.29, 1.82) is 0 Å². The Kier molecular flexibility index (Phi) is 4.39. The van der Waals surface area contributed by atoms with E-state index in [1.54, 1.807) is 6.20 Å². The monoisotopic (exact) mass is 263 g/mol. The minimum atomic E-state index is 0.399. The fraction of sp³-hybridized carbons (Fsp3) is 0.357. The summed E-state index contributed by atoms with van der Waals surface area (Å²) in [7, 11) is 0. The highest BCUT2D eigenvalue weighted by Crippen LogP contribution is 2.25. The normalized spacial score (nSPS) is 12.6. The van der Waals surface area contributed by atoms with Gasteiger partial charge in [-0.15, -0.1) is 0 Å². The Morgan fingerprint density at radius 2 is 2.22 bits per heavy atom. The van der Waals surface area contributed by atoms with E-state index in [1.807, 2.05) is 24.3 Å². The molecular weight excluding hydrogens is 246 g/mol. The molecule has 18 heavy (non-hydrogen) atoms. The van der Waals surface area contributed by atoms with Crippen molar-refractivity contribution in [2.45, 2.75) is 25.8 Å². The number of nitrogens with zero attached hydrogens (tertiary/aromatic N) is 1. The second-order valence-corrected chi connectivity index (χ2v) is 4.78. The first kappa shape index (κ1) is 13.1. The quantitative estimate of drug-likeness (QED) is 0.869. The van der Waals surface area contributed by atoms with Crippen molar-refractivity contribution >= 4 is 28.2 Å². The number of aromatic nitrogens is 1. The molecule has 2 aromatic rings. The zero-order valence-electron chi connectivity index (χ0n) is 10.5. The average molecular weight is 264 g/mol. The van der Waals surface area contributed by atoms with Gasteiger partial charge in [0.1, 0.15) is 0 Å². The minimum absolute atomic E-state index is 0.399. The van der Waals surface area contributed by atoms with E-state index in [0.717, 1.165) is 29.4 Å². The van der Waals surface area contributed by atoms with Gasteiger partial charge in [-0.3, -0.25) is 4.98 Å². The van der Waals surface area contributed by atoms with Gasteiger partial charge in [-0.25, -0.2) is 0 Å². The predicted molar refractivity (Wildman–Crippen MR) is 78.1 cm³/mol. The van der Waals surface area contributed by atoms with Gasteiger partial charge >= 0.3 is 0 Å². The minimum Gasteiger partial charge on any atom is -0.382 e. The summed E-state index contributed by atoms with van der Waals surface area (Å²) in [5.41, 5.74) is 7.63. The van der Waals surface area contributed by atoms with Crippen molar-refractivity contribution < 1.29 is 0 Å². The van der Waals surface area contributed by atoms with Gasteiger partial charge in [-0.1, -0.05) is 18.5 Å². The molecule has 0 fully saturated rings. The molecule has 1 unspecified atom stereocenters. The van der Waals surface area contributed by atoms with E-state index in [9.17, 15) is 0 Å². The van der Waals surface area contributed by atoms with Gasteiger partial charge in [-0.05, 0) is 43.7 Å². The molecule has 0 saturated heterocycles. The van der Waals surface area contributed by atoms with Crippen molar-refractivity contribution in [3.8, 4) is 0 Å². The average Bonchev–Trinajstić information content (AvgIpc) is 2.38. The molecule has 0 amide bonds. The highest BCUT2D eigenvalue weighted by molar-refractivity contribution is 6.31. The summed E-state index contributed by atoms with van der Waals surface area (Å²) in [5, 5.41) is 5.33. The molecule has 0 radical (unpaired) electrons. The van der Waals surface area contributed by atoms with Crippen molar-refractivity contribution in [2.24, 2.45) is 5.73 Å². The highest BCUT2D eigenvalue weighted by atomic mass is 35.5. The molecule has 0 aliphatic heterocycles. The smallest absolute Gasteiger partial charge is 0.0737 e. The van der Waals surface area contributed by atoms with Crippen LogP contribution < -0.4 is 11.1 Å². The van der Waals surface area contributed by atoms with Crippen LogP contribution in [0.2, 0.25) is 5.02 Å². The lowest BCUT2D eigenvalue weighted by Gasteiger charge is -2.18. The van der Waals surface area contributed by atoms with Crippen LogP contribution in [0.4, 0.5) is 5.69 Å². The van der Waals surface area contributed by atoms with Gasteiger partial charge in [0.25, 0.3) is 0 Å². The summed E-state index contributed by atoms with van der Waals surface area (Å²) in [5.74, 6) is 0. The lowest BCUT2D eigenvalue weighted by Crippen LogP contribution is -2.22. The number of anilines is 1. The molecule has 1 atom stereocenters. The zero-order chi connectivity index (χ0) is 13.0. The summed E-state index contributed by atoms with van der Waals surface area (Å²) < 4.78 is 0. The molecule has 96 valence electrons. The van der Waals surface area contributed by atoms with E-state index >= 15 is 0 Å². The fourth-order valence-electron chi connectivity index (χ4n) is 2.05. The Hall–Kier alpha value is -1.32. The lowest BCUT2D eigenvalue weighted by molar-refractivity contribution is 0.643. The molecular formula is C14H18ClN3. The van der Waals surface area contributed by atoms with Crippen LogP contribution >= 0.6 is 11.6 Å². The molecule has 0 saturated carbocycles. The molecule has 1 aromatic heterocycles. The van der Waals surface area contributed by atoms with Crippen LogP contribution in [-0.4, -0.2) is 17.6 Å². The highest BCUT2D eigenvalue weighted by Gasteiger charge is 2.08. The molecule has 3 nitrogen and oxygen atoms in total. The first-order valence-electron chi connectivity index (χ1n) is 6.25. The third-order valence-corrected chi connectivity index (χ3v) is 3.31. The van der Waals surface area contributed by atoms with Crippen LogP contribution in [0.25, 0.3) is 10.9 Å². The number of pyridine rings is 1. The Balaban J connectivity index is 2.32. The Morgan fingerprint density at radius 3 is 2.94 bits per heavy atom. The van der Waals surface area contributed by atoms with Gasteiger partial charge < -0.3 is 11.1 Å². The third kappa shape index (κ3) is 2.92. The summed E-state index contributed by atoms with van der Waals surface area (Å²) in [6.07, 6.45) is 3.82. The number of hydrogen-bond donors (Lipinski definition) is 2. The number of nitrogens with one attached hydrogen (secondary N) is 1. The van der Waals surface area contributed by atoms with E-state index < -0.39 is 0 Å². The first-order valence-corrected chi connectivity index (χ1v) is 6.63. The molecule has 4 heteroatoms. The standard InChI is InChI=1S/C14H18ClN3/c1-2-11(5-7-16)18-13-6-8-17-14-9-10(15)3-4-12(13)14/h3-4,6,8-9,11H,2,5,7,16H2,1H3,(H,17,18). The number of fused-ring (bicyclic) bond motifs is 1. The van der Waals surface area contributed by atoms with Crippen LogP contribution in [-0.2, 0) is 0 Å². The van der Waals surface area contributed by atoms with Crippen molar-refractivity contribution in [2.75, 3.05) is 11.9 Å². The molecule has 1 aromatic carbocycles. The molecule has 2 rings (SSSR count). The van der Waals surface area contributed by atoms with Gasteiger partial charge in [0.05, 0.1) is 5.52 Å². The number of nitrogens with two attached hydrogens (primary N) is 1. The summed E-state index contributed by atoms with van der Waals surface area (Å²) in [6.45, 7) is 2.86. The largest absolute Gasteiger partial charge is 0.382 e. The second kappa shape index (κ2) is 6.03. The van der Waals surface area contributed by atoms with E-state index in [-0.39, 0.29) is 0 Å². The Morgan fingerprint density at radius 1 is 1.39 bits per heavy atom. The topological polar surface area (TPSA) is 50.9 Å². The molecule has 0 aliphatic rings. The molecule has 3 N–H and O–H groups in total. The molecule has 0 bridgehead atoms. The molecule has 0 aliphatic carbocycles. The van der Waals surface area contributed by atoms with Crippen LogP contribution in [0, 0.1) is 0 Å². The van der Waals surface area contributed by atoms with Gasteiger partial charge in [-0.2, -0.15) is 0 Å². The number of rotatable bonds is 5. The summed E-state index contributed by atoms with van der Waals surface area (Å²) >= 11 is 5.98. The predicted octanol–water partition coefficient (Wildman–Crippen LogP) is 3.43. The summed E-state index contributed by atoms with van der Waals surface area (Å²) in [4.78, 5) is 4.33. The molecule has 1 heterocycles. The van der Waals surface area contributed by atoms with Crippen molar-refractivity contribution in [1.82, 2.24) is 4.98 Å². The van der Waals surface area contributed by atoms with Gasteiger partial charge in [0.2, 0.25) is 0 Å². The molecule has 0 spiro atoms. The maximum Gasteiger partial charge on any atom is 0.0737 e. The van der Waals surface area contributed by atoms with Crippen LogP contribution in [0.3, 0.4) is 0 Å². The van der Waals surface area contributed by atoms with E-state index in [2.05, 4.69) is 17.2 Å². The maximum absolute atomic E-state index is 5.98. The fourth-order valence-corrected chi connectivity index (χ4v) is 2.21. The number of halogens is 1. The van der Waals surface area contributed by atoms with E-state index in [1.165, 1.54) is 0 Å². The Labute approximate surface area is 112 Å². The van der Waals surface area contributed by atoms with Crippen LogP contribution in [0.1, 0.15) is 19.8 Å². The SMILES string of the molecule is CCC(CCN)Nc1ccnc2cc(Cl)ccc12. The maximum atomic E-state index is 5.98. The van der Waals surface area contributed by atoms with Crippen LogP contribution in [0.5, 0.6) is 0 Å². The van der Waals surface area contributed by atoms with E-state index in [4.69, 9.17) is 17.3 Å². The van der Waals surface area contributed by atoms with Crippen molar-refractivity contribution in [3.63, 3.8) is 0 Å². The number of hydrogen-bond acceptors (Lipinski definition) is 3. The van der Waals surface area contributed by atoms with Gasteiger partial charge in [0.15, 0.2) is 0 Å². The van der Waals surface area contributed by atoms with Crippen LogP contribution in [0.15, 0.2) is 30.5 Å². The first-order chi connectivity index (χ1) is 8.74. The van der Waals surface area contributed by atoms with E-state index in [0.29, 0.717) is 17.6 Å². The van der Waals surface area contributed by atoms with Crippen molar-refractivity contribution in [3.05, 3.63) is 35.5 Å². The second-order valence-electron chi connectivity index (χ2n) is 4.35. The lowest BCUT2D eigenvalue weighted by atomic mass is 10.1. The Bertz CT molecular complexity index is 527. The zero-order valence-corrected chi connectivity index (χ0v) is 11.2. The summed E-state index contributed by atoms with van der Waals surface area (Å²) in [6, 6.07) is 8.17. The third-order valence-electron chi connectivity index (χ3n) is 3.07. The van der Waals surface area contributed by atoms with Gasteiger partial charge in [0, 0.05) is 28.3 Å². The number of benzene rings is 1.